The van der Waals surface area contributed by atoms with Crippen LogP contribution >= 0.6 is 0 Å². The molecule has 1 unspecified atom stereocenters. The maximum Gasteiger partial charge on any atom is 0.490 e. The lowest BCUT2D eigenvalue weighted by Gasteiger charge is -2.14. The van der Waals surface area contributed by atoms with E-state index in [-0.39, 0.29) is 0 Å². The summed E-state index contributed by atoms with van der Waals surface area (Å²) in [6.45, 7) is 4.64. The van der Waals surface area contributed by atoms with E-state index in [0.717, 1.165) is 0 Å². The Labute approximate surface area is 74.4 Å². The topological polar surface area (TPSA) is 26.3 Å². The van der Waals surface area contributed by atoms with E-state index >= 15 is 0 Å². The molecular weight excluding hydrogens is 185 g/mol. The normalized spacial score (nSPS) is 15.4. The van der Waals surface area contributed by atoms with Crippen LogP contribution in [0.15, 0.2) is 11.6 Å². The minimum absolute atomic E-state index is 0.581. The van der Waals surface area contributed by atoms with E-state index in [2.05, 4.69) is 4.74 Å². The van der Waals surface area contributed by atoms with Crippen LogP contribution in [0.4, 0.5) is 13.2 Å². The molecule has 0 heterocycles. The Balaban J connectivity index is 4.23. The maximum absolute atomic E-state index is 11.7. The van der Waals surface area contributed by atoms with Crippen molar-refractivity contribution in [3.05, 3.63) is 11.6 Å². The lowest BCUT2D eigenvalue weighted by molar-refractivity contribution is -0.202. The first-order chi connectivity index (χ1) is 5.79. The zero-order valence-corrected chi connectivity index (χ0v) is 7.61. The second-order valence-electron chi connectivity index (χ2n) is 2.58. The highest BCUT2D eigenvalue weighted by Gasteiger charge is 2.41. The van der Waals surface area contributed by atoms with Crippen molar-refractivity contribution in [2.24, 2.45) is 0 Å². The van der Waals surface area contributed by atoms with Gasteiger partial charge in [0.1, 0.15) is 6.10 Å². The molecule has 5 heteroatoms. The summed E-state index contributed by atoms with van der Waals surface area (Å²) < 4.78 is 39.2. The summed E-state index contributed by atoms with van der Waals surface area (Å²) in [6.07, 6.45) is -4.16. The van der Waals surface area contributed by atoms with E-state index in [9.17, 15) is 18.0 Å². The number of carbonyl (C=O) groups excluding carboxylic acids is 1. The van der Waals surface area contributed by atoms with Gasteiger partial charge in [-0.25, -0.2) is 4.79 Å². The van der Waals surface area contributed by atoms with Crippen molar-refractivity contribution in [3.63, 3.8) is 0 Å². The van der Waals surface area contributed by atoms with Crippen molar-refractivity contribution in [2.75, 3.05) is 0 Å². The van der Waals surface area contributed by atoms with Gasteiger partial charge in [0.25, 0.3) is 0 Å². The van der Waals surface area contributed by atoms with Crippen LogP contribution in [0.25, 0.3) is 0 Å². The largest absolute Gasteiger partial charge is 0.490 e. The fourth-order valence-electron chi connectivity index (χ4n) is 0.555. The molecule has 0 bridgehead atoms. The monoisotopic (exact) mass is 196 g/mol. The van der Waals surface area contributed by atoms with Gasteiger partial charge in [0.2, 0.25) is 0 Å². The summed E-state index contributed by atoms with van der Waals surface area (Å²) in [4.78, 5) is 10.3. The van der Waals surface area contributed by atoms with Gasteiger partial charge in [-0.1, -0.05) is 6.08 Å². The number of hydrogen-bond donors (Lipinski definition) is 0. The average Bonchev–Trinajstić information content (AvgIpc) is 2.01. The molecule has 0 aromatic carbocycles. The molecular formula is C8H11F3O2. The van der Waals surface area contributed by atoms with E-state index in [1.54, 1.807) is 19.9 Å². The predicted octanol–water partition coefficient (Wildman–Crippen LogP) is 2.45. The molecule has 0 spiro atoms. The first kappa shape index (κ1) is 12.0. The summed E-state index contributed by atoms with van der Waals surface area (Å²) in [6, 6.07) is 0. The molecule has 0 aliphatic carbocycles. The van der Waals surface area contributed by atoms with Gasteiger partial charge in [0.15, 0.2) is 0 Å². The van der Waals surface area contributed by atoms with Gasteiger partial charge in [-0.3, -0.25) is 0 Å². The Morgan fingerprint density at radius 1 is 1.46 bits per heavy atom. The molecule has 0 rings (SSSR count). The van der Waals surface area contributed by atoms with Gasteiger partial charge in [0, 0.05) is 0 Å². The van der Waals surface area contributed by atoms with Crippen molar-refractivity contribution in [1.29, 1.82) is 0 Å². The third-order valence-electron chi connectivity index (χ3n) is 1.61. The molecule has 0 aromatic rings. The first-order valence-electron chi connectivity index (χ1n) is 3.69. The minimum atomic E-state index is -4.91. The molecule has 0 radical (unpaired) electrons. The highest BCUT2D eigenvalue weighted by Crippen LogP contribution is 2.19. The van der Waals surface area contributed by atoms with Crippen molar-refractivity contribution in [2.45, 2.75) is 33.1 Å². The van der Waals surface area contributed by atoms with Gasteiger partial charge in [-0.15, -0.1) is 0 Å². The van der Waals surface area contributed by atoms with Crippen molar-refractivity contribution >= 4 is 5.97 Å². The Bertz CT molecular complexity index is 218. The van der Waals surface area contributed by atoms with Crippen LogP contribution in [0.3, 0.4) is 0 Å². The third-order valence-corrected chi connectivity index (χ3v) is 1.61. The predicted molar refractivity (Wildman–Crippen MR) is 41.0 cm³/mol. The van der Waals surface area contributed by atoms with E-state index in [1.807, 2.05) is 0 Å². The molecule has 0 saturated heterocycles. The highest BCUT2D eigenvalue weighted by atomic mass is 19.4. The second kappa shape index (κ2) is 4.30. The van der Waals surface area contributed by atoms with Crippen LogP contribution in [0, 0.1) is 0 Å². The highest BCUT2D eigenvalue weighted by molar-refractivity contribution is 5.75. The molecule has 0 fully saturated rings. The second-order valence-corrected chi connectivity index (χ2v) is 2.58. The van der Waals surface area contributed by atoms with Crippen LogP contribution in [-0.2, 0) is 9.53 Å². The standard InChI is InChI=1S/C8H11F3O2/c1-4-5(2)6(3)13-7(12)8(9,10)11/h4,6H,1-3H3/b5-4-. The molecule has 2 nitrogen and oxygen atoms in total. The maximum atomic E-state index is 11.7. The van der Waals surface area contributed by atoms with E-state index in [4.69, 9.17) is 0 Å². The van der Waals surface area contributed by atoms with Gasteiger partial charge >= 0.3 is 12.1 Å². The lowest BCUT2D eigenvalue weighted by Crippen LogP contribution is -2.29. The third kappa shape index (κ3) is 3.96. The van der Waals surface area contributed by atoms with Crippen LogP contribution in [0.2, 0.25) is 0 Å². The van der Waals surface area contributed by atoms with Gasteiger partial charge in [0.05, 0.1) is 0 Å². The SMILES string of the molecule is C/C=C(/C)C(C)OC(=O)C(F)(F)F. The number of ether oxygens (including phenoxy) is 1. The summed E-state index contributed by atoms with van der Waals surface area (Å²) in [7, 11) is 0. The molecule has 13 heavy (non-hydrogen) atoms. The zero-order valence-electron chi connectivity index (χ0n) is 7.61. The van der Waals surface area contributed by atoms with E-state index in [1.165, 1.54) is 6.92 Å². The Morgan fingerprint density at radius 3 is 2.23 bits per heavy atom. The molecule has 0 amide bonds. The Morgan fingerprint density at radius 2 is 1.92 bits per heavy atom. The number of hydrogen-bond acceptors (Lipinski definition) is 2. The van der Waals surface area contributed by atoms with Gasteiger partial charge < -0.3 is 4.74 Å². The molecule has 76 valence electrons. The van der Waals surface area contributed by atoms with Gasteiger partial charge in [-0.05, 0) is 26.3 Å². The Hall–Kier alpha value is -1.00. The molecule has 0 saturated carbocycles. The fraction of sp³-hybridized carbons (Fsp3) is 0.625. The molecule has 0 aromatic heterocycles. The summed E-state index contributed by atoms with van der Waals surface area (Å²) in [5.74, 6) is -2.15. The number of allylic oxidation sites excluding steroid dienone is 1. The number of rotatable bonds is 2. The van der Waals surface area contributed by atoms with Crippen LogP contribution in [0.1, 0.15) is 20.8 Å². The number of alkyl halides is 3. The molecule has 0 N–H and O–H groups in total. The first-order valence-corrected chi connectivity index (χ1v) is 3.69. The minimum Gasteiger partial charge on any atom is -0.452 e. The fourth-order valence-corrected chi connectivity index (χ4v) is 0.555. The number of halogens is 3. The van der Waals surface area contributed by atoms with Crippen molar-refractivity contribution in [3.8, 4) is 0 Å². The van der Waals surface area contributed by atoms with E-state index in [0.29, 0.717) is 5.57 Å². The van der Waals surface area contributed by atoms with Crippen LogP contribution in [-0.4, -0.2) is 18.2 Å². The average molecular weight is 196 g/mol. The van der Waals surface area contributed by atoms with Crippen molar-refractivity contribution < 1.29 is 22.7 Å². The Kier molecular flexibility index (Phi) is 3.97. The van der Waals surface area contributed by atoms with Crippen LogP contribution < -0.4 is 0 Å². The quantitative estimate of drug-likeness (QED) is 0.501. The van der Waals surface area contributed by atoms with Gasteiger partial charge in [-0.2, -0.15) is 13.2 Å². The molecule has 0 aliphatic rings. The molecule has 1 atom stereocenters. The molecule has 0 aliphatic heterocycles. The smallest absolute Gasteiger partial charge is 0.452 e. The summed E-state index contributed by atoms with van der Waals surface area (Å²) >= 11 is 0. The summed E-state index contributed by atoms with van der Waals surface area (Å²) in [5.41, 5.74) is 0.581. The zero-order chi connectivity index (χ0) is 10.6. The summed E-state index contributed by atoms with van der Waals surface area (Å²) in [5, 5.41) is 0. The number of carbonyl (C=O) groups is 1. The van der Waals surface area contributed by atoms with Crippen LogP contribution in [0.5, 0.6) is 0 Å². The number of esters is 1. The van der Waals surface area contributed by atoms with E-state index < -0.39 is 18.2 Å². The van der Waals surface area contributed by atoms with Crippen molar-refractivity contribution in [1.82, 2.24) is 0 Å². The lowest BCUT2D eigenvalue weighted by atomic mass is 10.2.